The van der Waals surface area contributed by atoms with Gasteiger partial charge in [-0.25, -0.2) is 14.8 Å². The molecule has 2 aromatic heterocycles. The molecule has 0 aliphatic carbocycles. The average molecular weight is 881 g/mol. The zero-order valence-electron chi connectivity index (χ0n) is 38.2. The number of ether oxygens (including phenoxy) is 6. The SMILES string of the molecule is CC[C@H]1OC(=O)[C@@H](C)[C@H]2OCC(=NOCc3cccc(-c4cccnc4F)n3)CO[C@](C)(C[C@@H](C)C3=NCCN4C(=O)O[C@@]1(C)[C@H]4[C@H]3C)[C@H](O[C@H]1O[C@@H](C)C[C@@H](N(C)C)[C@@H]1O)[C@H]2C. The number of esters is 1. The van der Waals surface area contributed by atoms with Crippen molar-refractivity contribution in [1.29, 1.82) is 0 Å². The summed E-state index contributed by atoms with van der Waals surface area (Å²) in [6, 6.07) is 7.76. The Balaban J connectivity index is 1.28. The summed E-state index contributed by atoms with van der Waals surface area (Å²) in [4.78, 5) is 51.2. The second kappa shape index (κ2) is 19.1. The highest BCUT2D eigenvalue weighted by Crippen LogP contribution is 2.45. The third kappa shape index (κ3) is 9.50. The zero-order valence-corrected chi connectivity index (χ0v) is 38.2. The Morgan fingerprint density at radius 3 is 2.57 bits per heavy atom. The Hall–Kier alpha value is -4.13. The summed E-state index contributed by atoms with van der Waals surface area (Å²) in [5.74, 6) is -3.08. The summed E-state index contributed by atoms with van der Waals surface area (Å²) < 4.78 is 54.4. The first kappa shape index (κ1) is 46.9. The highest BCUT2D eigenvalue weighted by atomic mass is 19.1. The first-order chi connectivity index (χ1) is 29.9. The van der Waals surface area contributed by atoms with Crippen molar-refractivity contribution >= 4 is 23.5 Å². The van der Waals surface area contributed by atoms with E-state index in [9.17, 15) is 19.1 Å². The number of hydrogen-bond donors (Lipinski definition) is 1. The number of cyclic esters (lactones) is 1. The molecule has 4 fully saturated rings. The van der Waals surface area contributed by atoms with E-state index in [1.54, 1.807) is 42.2 Å². The molecule has 5 aliphatic rings. The van der Waals surface area contributed by atoms with Crippen molar-refractivity contribution in [3.63, 3.8) is 0 Å². The number of carbonyl (C=O) groups is 2. The average Bonchev–Trinajstić information content (AvgIpc) is 3.39. The molecule has 1 N–H and O–H groups in total. The quantitative estimate of drug-likeness (QED) is 0.202. The van der Waals surface area contributed by atoms with Gasteiger partial charge in [0.1, 0.15) is 17.9 Å². The van der Waals surface area contributed by atoms with Gasteiger partial charge in [0.15, 0.2) is 18.5 Å². The third-order valence-corrected chi connectivity index (χ3v) is 13.8. The van der Waals surface area contributed by atoms with Gasteiger partial charge in [0.05, 0.1) is 72.6 Å². The van der Waals surface area contributed by atoms with Gasteiger partial charge in [0.25, 0.3) is 0 Å². The van der Waals surface area contributed by atoms with E-state index in [0.717, 1.165) is 5.71 Å². The number of fused-ring (bicyclic) bond motifs is 4. The van der Waals surface area contributed by atoms with Crippen LogP contribution in [-0.4, -0.2) is 149 Å². The molecule has 63 heavy (non-hydrogen) atoms. The summed E-state index contributed by atoms with van der Waals surface area (Å²) in [5, 5.41) is 16.3. The van der Waals surface area contributed by atoms with Gasteiger partial charge in [-0.1, -0.05) is 38.9 Å². The Morgan fingerprint density at radius 1 is 1.06 bits per heavy atom. The van der Waals surface area contributed by atoms with Crippen LogP contribution in [-0.2, 0) is 44.7 Å². The lowest BCUT2D eigenvalue weighted by atomic mass is 9.72. The maximum Gasteiger partial charge on any atom is 0.410 e. The monoisotopic (exact) mass is 880 g/mol. The maximum atomic E-state index is 14.6. The van der Waals surface area contributed by atoms with Crippen molar-refractivity contribution in [3.05, 3.63) is 48.2 Å². The lowest BCUT2D eigenvalue weighted by Gasteiger charge is -2.48. The molecular weight excluding hydrogens is 816 g/mol. The fraction of sp³-hybridized carbons (Fsp3) is 0.696. The van der Waals surface area contributed by atoms with Crippen molar-refractivity contribution in [2.24, 2.45) is 33.8 Å². The van der Waals surface area contributed by atoms with Crippen molar-refractivity contribution < 1.29 is 52.3 Å². The van der Waals surface area contributed by atoms with Crippen LogP contribution in [0.1, 0.15) is 80.3 Å². The van der Waals surface area contributed by atoms with Crippen LogP contribution in [0, 0.1) is 29.6 Å². The van der Waals surface area contributed by atoms with E-state index >= 15 is 0 Å². The molecule has 7 heterocycles. The number of halogens is 1. The van der Waals surface area contributed by atoms with Gasteiger partial charge in [-0.3, -0.25) is 14.7 Å². The number of aliphatic hydroxyl groups is 1. The number of oxime groups is 1. The fourth-order valence-electron chi connectivity index (χ4n) is 10.7. The molecule has 0 saturated carbocycles. The number of hydrogen-bond acceptors (Lipinski definition) is 15. The van der Waals surface area contributed by atoms with Crippen molar-refractivity contribution in [1.82, 2.24) is 19.8 Å². The Morgan fingerprint density at radius 2 is 1.84 bits per heavy atom. The molecule has 1 amide bonds. The summed E-state index contributed by atoms with van der Waals surface area (Å²) in [5.41, 5.74) is 0.150. The Kier molecular flexibility index (Phi) is 14.2. The lowest BCUT2D eigenvalue weighted by molar-refractivity contribution is -0.302. The van der Waals surface area contributed by atoms with Crippen molar-refractivity contribution in [2.75, 3.05) is 40.4 Å². The highest BCUT2D eigenvalue weighted by molar-refractivity contribution is 5.91. The Labute approximate surface area is 369 Å². The van der Waals surface area contributed by atoms with Crippen LogP contribution in [0.15, 0.2) is 46.7 Å². The molecule has 7 rings (SSSR count). The van der Waals surface area contributed by atoms with Crippen LogP contribution in [0.4, 0.5) is 9.18 Å². The summed E-state index contributed by atoms with van der Waals surface area (Å²) in [6.07, 6.45) is -2.39. The van der Waals surface area contributed by atoms with Gasteiger partial charge in [-0.15, -0.1) is 0 Å². The summed E-state index contributed by atoms with van der Waals surface area (Å²) >= 11 is 0. The maximum absolute atomic E-state index is 14.6. The number of nitrogens with zero attached hydrogens (tertiary/aromatic N) is 6. The molecule has 0 unspecified atom stereocenters. The van der Waals surface area contributed by atoms with Gasteiger partial charge in [0.2, 0.25) is 5.95 Å². The van der Waals surface area contributed by atoms with E-state index in [4.69, 9.17) is 38.3 Å². The highest BCUT2D eigenvalue weighted by Gasteiger charge is 2.60. The van der Waals surface area contributed by atoms with E-state index in [-0.39, 0.29) is 49.4 Å². The molecule has 346 valence electrons. The fourth-order valence-corrected chi connectivity index (χ4v) is 10.7. The predicted molar refractivity (Wildman–Crippen MR) is 230 cm³/mol. The molecule has 16 nitrogen and oxygen atoms in total. The standard InChI is InChI=1S/C46H65FN6O10/c1-11-35-46(8)39-27(4)36(48-18-19-53(39)44(56)63-46)25(2)21-45(7)40(62-43-37(54)34(52(9)10)20-26(3)60-43)28(5)38(29(6)42(55)61-35)57-22-31(23-58-45)51-59-24-30-14-12-16-33(50-30)32-15-13-17-49-41(32)47/h12-17,25-29,34-35,37-40,43,54H,11,18-24H2,1-10H3/t25-,26+,27+,28+,29+,34-,35-,37+,38+,39-,40-,43-,45-,46-/m1/s1. The minimum Gasteiger partial charge on any atom is -0.458 e. The topological polar surface area (TPSA) is 176 Å². The number of rotatable bonds is 8. The van der Waals surface area contributed by atoms with Crippen molar-refractivity contribution in [3.8, 4) is 11.3 Å². The number of aliphatic hydroxyl groups excluding tert-OH is 1. The lowest BCUT2D eigenvalue weighted by Crippen LogP contribution is -2.60. The van der Waals surface area contributed by atoms with E-state index in [2.05, 4.69) is 29.0 Å². The smallest absolute Gasteiger partial charge is 0.410 e. The van der Waals surface area contributed by atoms with Crippen LogP contribution < -0.4 is 0 Å². The third-order valence-electron chi connectivity index (χ3n) is 13.8. The van der Waals surface area contributed by atoms with E-state index in [1.807, 2.05) is 53.6 Å². The van der Waals surface area contributed by atoms with Crippen molar-refractivity contribution in [2.45, 2.75) is 141 Å². The summed E-state index contributed by atoms with van der Waals surface area (Å²) in [6.45, 7) is 16.2. The molecule has 14 atom stereocenters. The van der Waals surface area contributed by atoms with E-state index in [1.165, 1.54) is 6.20 Å². The molecule has 2 aromatic rings. The number of amides is 1. The first-order valence-electron chi connectivity index (χ1n) is 22.4. The molecule has 4 bridgehead atoms. The van der Waals surface area contributed by atoms with E-state index in [0.29, 0.717) is 49.5 Å². The predicted octanol–water partition coefficient (Wildman–Crippen LogP) is 5.44. The Bertz CT molecular complexity index is 2020. The minimum atomic E-state index is -1.16. The van der Waals surface area contributed by atoms with Crippen LogP contribution in [0.2, 0.25) is 0 Å². The largest absolute Gasteiger partial charge is 0.458 e. The van der Waals surface area contributed by atoms with Gasteiger partial charge in [-0.2, -0.15) is 4.39 Å². The van der Waals surface area contributed by atoms with Gasteiger partial charge < -0.3 is 43.3 Å². The molecule has 0 spiro atoms. The van der Waals surface area contributed by atoms with Gasteiger partial charge in [0, 0.05) is 36.3 Å². The van der Waals surface area contributed by atoms with Gasteiger partial charge in [-0.05, 0) is 91.2 Å². The molecular formula is C46H65FN6O10. The van der Waals surface area contributed by atoms with Crippen LogP contribution >= 0.6 is 0 Å². The first-order valence-corrected chi connectivity index (χ1v) is 22.4. The number of aromatic nitrogens is 2. The number of aliphatic imine (C=N–C) groups is 1. The molecule has 5 aliphatic heterocycles. The second-order valence-corrected chi connectivity index (χ2v) is 18.7. The zero-order chi connectivity index (χ0) is 45.4. The molecule has 0 aromatic carbocycles. The summed E-state index contributed by atoms with van der Waals surface area (Å²) in [7, 11) is 3.84. The van der Waals surface area contributed by atoms with Crippen LogP contribution in [0.25, 0.3) is 11.3 Å². The van der Waals surface area contributed by atoms with E-state index < -0.39 is 77.8 Å². The molecule has 4 saturated heterocycles. The molecule has 17 heteroatoms. The van der Waals surface area contributed by atoms with Crippen LogP contribution in [0.5, 0.6) is 0 Å². The van der Waals surface area contributed by atoms with Crippen LogP contribution in [0.3, 0.4) is 0 Å². The number of likely N-dealkylation sites (N-methyl/N-ethyl adjacent to an activating group) is 1. The second-order valence-electron chi connectivity index (χ2n) is 18.7. The minimum absolute atomic E-state index is 0.0401. The number of pyridine rings is 2. The normalized spacial score (nSPS) is 38.5. The molecule has 0 radical (unpaired) electrons. The van der Waals surface area contributed by atoms with Gasteiger partial charge >= 0.3 is 12.1 Å². The number of carbonyl (C=O) groups excluding carboxylic acids is 2.